The van der Waals surface area contributed by atoms with Gasteiger partial charge >= 0.3 is 11.9 Å². The van der Waals surface area contributed by atoms with Crippen molar-refractivity contribution in [2.75, 3.05) is 14.2 Å². The molecule has 1 atom stereocenters. The number of carbonyl (C=O) groups is 1. The van der Waals surface area contributed by atoms with Crippen LogP contribution in [0.15, 0.2) is 18.2 Å². The molecule has 0 aliphatic carbocycles. The summed E-state index contributed by atoms with van der Waals surface area (Å²) in [5, 5.41) is 12.1. The van der Waals surface area contributed by atoms with Crippen molar-refractivity contribution in [2.24, 2.45) is 5.73 Å². The second kappa shape index (κ2) is 4.56. The summed E-state index contributed by atoms with van der Waals surface area (Å²) in [7, 11) is 3.24. The first-order valence-corrected chi connectivity index (χ1v) is 5.55. The summed E-state index contributed by atoms with van der Waals surface area (Å²) in [4.78, 5) is 11.7. The van der Waals surface area contributed by atoms with Gasteiger partial charge in [-0.25, -0.2) is 5.32 Å². The Bertz CT molecular complexity index is 525. The number of amides is 1. The van der Waals surface area contributed by atoms with Crippen LogP contribution in [0.3, 0.4) is 0 Å². The quantitative estimate of drug-likeness (QED) is 0.625. The summed E-state index contributed by atoms with van der Waals surface area (Å²) >= 11 is 0. The number of aromatic hydroxyl groups is 1. The van der Waals surface area contributed by atoms with Gasteiger partial charge in [-0.2, -0.15) is 0 Å². The number of nitrogens with one attached hydrogen (secondary N) is 1. The molecule has 1 heterocycles. The normalized spacial score (nSPS) is 19.0. The van der Waals surface area contributed by atoms with Gasteiger partial charge in [0.1, 0.15) is 0 Å². The molecule has 0 saturated heterocycles. The monoisotopic (exact) mass is 250 g/mol. The summed E-state index contributed by atoms with van der Waals surface area (Å²) in [5.41, 5.74) is 6.53. The van der Waals surface area contributed by atoms with Crippen LogP contribution in [-0.2, 0) is 11.2 Å². The van der Waals surface area contributed by atoms with E-state index in [0.29, 0.717) is 18.1 Å². The molecular weight excluding hydrogens is 234 g/mol. The highest BCUT2D eigenvalue weighted by Gasteiger charge is 2.34. The predicted octanol–water partition coefficient (Wildman–Crippen LogP) is -0.601. The lowest BCUT2D eigenvalue weighted by molar-refractivity contribution is -0.518. The molecule has 0 fully saturated rings. The average molecular weight is 250 g/mol. The summed E-state index contributed by atoms with van der Waals surface area (Å²) in [6.45, 7) is 0. The van der Waals surface area contributed by atoms with Gasteiger partial charge in [-0.1, -0.05) is 6.07 Å². The van der Waals surface area contributed by atoms with Crippen LogP contribution in [0, 0.1) is 0 Å². The van der Waals surface area contributed by atoms with Crippen molar-refractivity contribution in [1.29, 1.82) is 0 Å². The smallest absolute Gasteiger partial charge is 0.351 e. The van der Waals surface area contributed by atoms with Crippen molar-refractivity contribution in [2.45, 2.75) is 12.5 Å². The number of nitrogens with zero attached hydrogens (tertiary/aromatic N) is 1. The van der Waals surface area contributed by atoms with E-state index in [0.717, 1.165) is 5.56 Å². The number of likely N-dealkylation sites (N-methyl/N-ethyl adjacent to an activating group) is 1. The number of hydrogen-bond donors (Lipinski definition) is 3. The van der Waals surface area contributed by atoms with Crippen LogP contribution in [-0.4, -0.2) is 41.7 Å². The van der Waals surface area contributed by atoms with Gasteiger partial charge in [0, 0.05) is 6.42 Å². The van der Waals surface area contributed by atoms with Crippen LogP contribution in [0.1, 0.15) is 5.56 Å². The maximum Gasteiger partial charge on any atom is 0.351 e. The predicted molar refractivity (Wildman–Crippen MR) is 65.7 cm³/mol. The second-order valence-electron chi connectivity index (χ2n) is 4.21. The summed E-state index contributed by atoms with van der Waals surface area (Å²) in [5.74, 6) is 0.708. The molecule has 1 aromatic rings. The van der Waals surface area contributed by atoms with Gasteiger partial charge in [-0.3, -0.25) is 15.1 Å². The Morgan fingerprint density at radius 3 is 2.83 bits per heavy atom. The first-order chi connectivity index (χ1) is 8.52. The van der Waals surface area contributed by atoms with Crippen LogP contribution in [0.4, 0.5) is 0 Å². The fourth-order valence-corrected chi connectivity index (χ4v) is 1.94. The maximum absolute atomic E-state index is 11.7. The van der Waals surface area contributed by atoms with Crippen LogP contribution in [0.25, 0.3) is 0 Å². The van der Waals surface area contributed by atoms with Gasteiger partial charge in [-0.15, -0.1) is 0 Å². The molecule has 0 radical (unpaired) electrons. The van der Waals surface area contributed by atoms with E-state index in [2.05, 4.69) is 5.32 Å². The third-order valence-electron chi connectivity index (χ3n) is 3.07. The molecule has 6 heteroatoms. The number of hydrogen-bond acceptors (Lipinski definition) is 4. The number of carbonyl (C=O) groups excluding carboxylic acids is 1. The van der Waals surface area contributed by atoms with Gasteiger partial charge in [0.05, 0.1) is 14.2 Å². The maximum atomic E-state index is 11.7. The zero-order valence-corrected chi connectivity index (χ0v) is 10.3. The van der Waals surface area contributed by atoms with E-state index in [1.54, 1.807) is 29.8 Å². The summed E-state index contributed by atoms with van der Waals surface area (Å²) < 4.78 is 6.73. The number of phenolic OH excluding ortho intramolecular Hbond substituents is 1. The molecular formula is C12H16N3O3+. The van der Waals surface area contributed by atoms with Gasteiger partial charge in [0.2, 0.25) is 0 Å². The molecule has 0 spiro atoms. The van der Waals surface area contributed by atoms with Crippen molar-refractivity contribution in [1.82, 2.24) is 5.32 Å². The van der Waals surface area contributed by atoms with Crippen molar-refractivity contribution in [3.8, 4) is 11.5 Å². The SMILES string of the molecule is COc1cc(C[C@@H]2C(=O)NC(N)=[N+]2C)ccc1O. The highest BCUT2D eigenvalue weighted by molar-refractivity contribution is 5.99. The molecule has 1 amide bonds. The minimum absolute atomic E-state index is 0.0801. The minimum Gasteiger partial charge on any atom is -0.504 e. The molecule has 18 heavy (non-hydrogen) atoms. The highest BCUT2D eigenvalue weighted by Crippen LogP contribution is 2.27. The minimum atomic E-state index is -0.334. The first kappa shape index (κ1) is 12.2. The number of methoxy groups -OCH3 is 1. The zero-order chi connectivity index (χ0) is 13.3. The number of benzene rings is 1. The van der Waals surface area contributed by atoms with E-state index >= 15 is 0 Å². The zero-order valence-electron chi connectivity index (χ0n) is 10.3. The van der Waals surface area contributed by atoms with Gasteiger partial charge in [0.15, 0.2) is 17.5 Å². The molecule has 0 unspecified atom stereocenters. The first-order valence-electron chi connectivity index (χ1n) is 5.55. The largest absolute Gasteiger partial charge is 0.504 e. The number of rotatable bonds is 3. The number of nitrogens with two attached hydrogens (primary N) is 1. The van der Waals surface area contributed by atoms with Crippen molar-refractivity contribution < 1.29 is 19.2 Å². The van der Waals surface area contributed by atoms with Crippen LogP contribution in [0.5, 0.6) is 11.5 Å². The summed E-state index contributed by atoms with van der Waals surface area (Å²) in [6, 6.07) is 4.69. The van der Waals surface area contributed by atoms with E-state index in [1.807, 2.05) is 0 Å². The Balaban J connectivity index is 2.22. The third kappa shape index (κ3) is 2.09. The number of ether oxygens (including phenoxy) is 1. The fraction of sp³-hybridized carbons (Fsp3) is 0.333. The lowest BCUT2D eigenvalue weighted by Crippen LogP contribution is -2.33. The Morgan fingerprint density at radius 1 is 1.56 bits per heavy atom. The summed E-state index contributed by atoms with van der Waals surface area (Å²) in [6.07, 6.45) is 0.500. The molecule has 1 aliphatic heterocycles. The number of phenols is 1. The molecule has 0 saturated carbocycles. The molecule has 2 rings (SSSR count). The molecule has 1 aliphatic rings. The average Bonchev–Trinajstić information content (AvgIpc) is 2.58. The van der Waals surface area contributed by atoms with Gasteiger partial charge in [-0.05, 0) is 17.7 Å². The van der Waals surface area contributed by atoms with Crippen molar-refractivity contribution in [3.05, 3.63) is 23.8 Å². The van der Waals surface area contributed by atoms with Crippen LogP contribution >= 0.6 is 0 Å². The Labute approximate surface area is 105 Å². The molecule has 0 aromatic heterocycles. The van der Waals surface area contributed by atoms with Crippen molar-refractivity contribution >= 4 is 11.9 Å². The van der Waals surface area contributed by atoms with Gasteiger partial charge in [0.25, 0.3) is 0 Å². The standard InChI is InChI=1S/C12H15N3O3/c1-15-8(11(17)14-12(15)13)5-7-3-4-9(16)10(6-7)18-2/h3-4,6,8H,5H2,1-2H3,(H3,13,14,16,17)/p+1/t8-/m1/s1. The lowest BCUT2D eigenvalue weighted by atomic mass is 10.1. The Hall–Kier alpha value is -2.24. The number of guanidine groups is 1. The molecule has 1 aromatic carbocycles. The molecule has 0 bridgehead atoms. The van der Waals surface area contributed by atoms with E-state index in [1.165, 1.54) is 7.11 Å². The highest BCUT2D eigenvalue weighted by atomic mass is 16.5. The topological polar surface area (TPSA) is 87.6 Å². The van der Waals surface area contributed by atoms with Crippen LogP contribution < -0.4 is 15.8 Å². The molecule has 4 N–H and O–H groups in total. The third-order valence-corrected chi connectivity index (χ3v) is 3.07. The lowest BCUT2D eigenvalue weighted by Gasteiger charge is -2.10. The Morgan fingerprint density at radius 2 is 2.28 bits per heavy atom. The van der Waals surface area contributed by atoms with Crippen LogP contribution in [0.2, 0.25) is 0 Å². The van der Waals surface area contributed by atoms with E-state index in [-0.39, 0.29) is 17.7 Å². The van der Waals surface area contributed by atoms with Crippen molar-refractivity contribution in [3.63, 3.8) is 0 Å². The van der Waals surface area contributed by atoms with E-state index in [4.69, 9.17) is 10.5 Å². The van der Waals surface area contributed by atoms with E-state index in [9.17, 15) is 9.90 Å². The molecule has 96 valence electrons. The van der Waals surface area contributed by atoms with E-state index < -0.39 is 0 Å². The second-order valence-corrected chi connectivity index (χ2v) is 4.21. The van der Waals surface area contributed by atoms with Gasteiger partial charge < -0.3 is 9.84 Å². The Kier molecular flexibility index (Phi) is 3.10. The fourth-order valence-electron chi connectivity index (χ4n) is 1.94. The molecule has 6 nitrogen and oxygen atoms in total.